The molecule has 2 saturated carbocycles. The van der Waals surface area contributed by atoms with Gasteiger partial charge in [0.15, 0.2) is 0 Å². The number of aromatic nitrogens is 1. The molecule has 0 atom stereocenters. The van der Waals surface area contributed by atoms with E-state index in [4.69, 9.17) is 37.8 Å². The maximum atomic E-state index is 11.0. The maximum absolute atomic E-state index is 11.0. The number of unbranched alkanes of at least 4 members (excludes halogenated alkanes) is 1. The second kappa shape index (κ2) is 12.8. The van der Waals surface area contributed by atoms with E-state index in [-0.39, 0.29) is 5.75 Å². The highest BCUT2D eigenvalue weighted by Gasteiger charge is 2.47. The number of nitrogens with zero attached hydrogens (tertiary/aromatic N) is 1. The lowest BCUT2D eigenvalue weighted by Gasteiger charge is -2.22. The Labute approximate surface area is 246 Å². The monoisotopic (exact) mass is 603 g/mol. The van der Waals surface area contributed by atoms with Gasteiger partial charge < -0.3 is 14.8 Å². The van der Waals surface area contributed by atoms with Crippen LogP contribution in [-0.4, -0.2) is 38.3 Å². The van der Waals surface area contributed by atoms with Crippen LogP contribution in [0.25, 0.3) is 11.1 Å². The smallest absolute Gasteiger partial charge is 0.210 e. The standard InChI is InChI=1S/C30H35Cl2N3O4S/c31-27-18-22(28(32)17-21(27)5-3-4-13-34-15-16-40(33,36)37)20-38-30(11-12-30)26-19-35-14-10-24(26)25-6-1-2-7-29(25)39-23-8-9-23/h1-2,6-7,10,14,17-19,23,34H,3-5,8-9,11-13,15-16,20H2,(H2,33,36,37). The van der Waals surface area contributed by atoms with Crippen LogP contribution in [0, 0.1) is 0 Å². The summed E-state index contributed by atoms with van der Waals surface area (Å²) in [6, 6.07) is 14.1. The fourth-order valence-electron chi connectivity index (χ4n) is 4.81. The van der Waals surface area contributed by atoms with E-state index < -0.39 is 15.6 Å². The van der Waals surface area contributed by atoms with Crippen LogP contribution in [0.3, 0.4) is 0 Å². The summed E-state index contributed by atoms with van der Waals surface area (Å²) in [6.45, 7) is 1.41. The van der Waals surface area contributed by atoms with Crippen molar-refractivity contribution in [3.05, 3.63) is 81.6 Å². The number of benzene rings is 2. The summed E-state index contributed by atoms with van der Waals surface area (Å²) >= 11 is 13.3. The first-order valence-electron chi connectivity index (χ1n) is 13.8. The molecule has 3 aromatic rings. The third-order valence-electron chi connectivity index (χ3n) is 7.34. The van der Waals surface area contributed by atoms with Crippen LogP contribution in [0.15, 0.2) is 54.9 Å². The molecule has 2 aromatic carbocycles. The van der Waals surface area contributed by atoms with Crippen molar-refractivity contribution in [3.8, 4) is 16.9 Å². The largest absolute Gasteiger partial charge is 0.490 e. The summed E-state index contributed by atoms with van der Waals surface area (Å²) in [5.41, 5.74) is 4.64. The lowest BCUT2D eigenvalue weighted by atomic mass is 9.96. The Kier molecular flexibility index (Phi) is 9.35. The third-order valence-corrected chi connectivity index (χ3v) is 8.82. The van der Waals surface area contributed by atoms with E-state index >= 15 is 0 Å². The molecule has 40 heavy (non-hydrogen) atoms. The van der Waals surface area contributed by atoms with Crippen molar-refractivity contribution in [2.75, 3.05) is 18.8 Å². The van der Waals surface area contributed by atoms with E-state index in [9.17, 15) is 8.42 Å². The fourth-order valence-corrected chi connectivity index (χ4v) is 5.76. The second-order valence-electron chi connectivity index (χ2n) is 10.6. The molecule has 0 spiro atoms. The Balaban J connectivity index is 1.21. The van der Waals surface area contributed by atoms with Crippen molar-refractivity contribution in [1.29, 1.82) is 0 Å². The molecule has 2 fully saturated rings. The predicted molar refractivity (Wildman–Crippen MR) is 159 cm³/mol. The minimum absolute atomic E-state index is 0.0660. The van der Waals surface area contributed by atoms with E-state index in [1.54, 1.807) is 0 Å². The Hall–Kier alpha value is -2.20. The van der Waals surface area contributed by atoms with Gasteiger partial charge in [-0.1, -0.05) is 41.4 Å². The summed E-state index contributed by atoms with van der Waals surface area (Å²) in [5, 5.41) is 9.42. The summed E-state index contributed by atoms with van der Waals surface area (Å²) < 4.78 is 34.8. The van der Waals surface area contributed by atoms with Gasteiger partial charge in [0.2, 0.25) is 10.0 Å². The van der Waals surface area contributed by atoms with E-state index in [1.165, 1.54) is 0 Å². The molecule has 2 aliphatic carbocycles. The van der Waals surface area contributed by atoms with Crippen LogP contribution in [0.2, 0.25) is 10.0 Å². The molecule has 0 radical (unpaired) electrons. The van der Waals surface area contributed by atoms with E-state index in [0.717, 1.165) is 78.5 Å². The van der Waals surface area contributed by atoms with Gasteiger partial charge in [0, 0.05) is 40.1 Å². The molecule has 0 unspecified atom stereocenters. The van der Waals surface area contributed by atoms with Gasteiger partial charge >= 0.3 is 0 Å². The second-order valence-corrected chi connectivity index (χ2v) is 13.2. The van der Waals surface area contributed by atoms with Crippen LogP contribution in [0.4, 0.5) is 0 Å². The highest BCUT2D eigenvalue weighted by molar-refractivity contribution is 7.89. The van der Waals surface area contributed by atoms with Gasteiger partial charge in [0.1, 0.15) is 5.75 Å². The SMILES string of the molecule is NS(=O)(=O)CCNCCCCc1cc(Cl)c(COC2(c3cnccc3-c3ccccc3OC3CC3)CC2)cc1Cl. The van der Waals surface area contributed by atoms with E-state index in [1.807, 2.05) is 48.8 Å². The van der Waals surface area contributed by atoms with Gasteiger partial charge in [-0.05, 0) is 92.4 Å². The lowest BCUT2D eigenvalue weighted by molar-refractivity contribution is 0.0174. The van der Waals surface area contributed by atoms with Gasteiger partial charge in [0.25, 0.3) is 0 Å². The number of rotatable bonds is 15. The summed E-state index contributed by atoms with van der Waals surface area (Å²) in [6.07, 6.45) is 10.6. The Morgan fingerprint density at radius 2 is 1.75 bits per heavy atom. The molecule has 5 rings (SSSR count). The number of aryl methyl sites for hydroxylation is 1. The third kappa shape index (κ3) is 7.75. The zero-order chi connectivity index (χ0) is 28.2. The minimum Gasteiger partial charge on any atom is -0.490 e. The maximum Gasteiger partial charge on any atom is 0.210 e. The number of primary sulfonamides is 1. The van der Waals surface area contributed by atoms with Crippen molar-refractivity contribution in [1.82, 2.24) is 10.3 Å². The summed E-state index contributed by atoms with van der Waals surface area (Å²) in [7, 11) is -3.43. The average molecular weight is 605 g/mol. The van der Waals surface area contributed by atoms with E-state index in [2.05, 4.69) is 16.4 Å². The zero-order valence-corrected chi connectivity index (χ0v) is 24.7. The quantitative estimate of drug-likeness (QED) is 0.206. The van der Waals surface area contributed by atoms with Crippen molar-refractivity contribution >= 4 is 33.2 Å². The predicted octanol–water partition coefficient (Wildman–Crippen LogP) is 6.00. The zero-order valence-electron chi connectivity index (χ0n) is 22.4. The van der Waals surface area contributed by atoms with Gasteiger partial charge in [0.05, 0.1) is 24.1 Å². The normalized spacial score (nSPS) is 16.2. The number of hydrogen-bond acceptors (Lipinski definition) is 6. The number of nitrogens with two attached hydrogens (primary N) is 1. The van der Waals surface area contributed by atoms with Crippen LogP contribution >= 0.6 is 23.2 Å². The Bertz CT molecular complexity index is 1440. The molecule has 2 aliphatic rings. The molecule has 0 bridgehead atoms. The number of ether oxygens (including phenoxy) is 2. The molecule has 1 heterocycles. The van der Waals surface area contributed by atoms with Gasteiger partial charge in [-0.15, -0.1) is 0 Å². The first-order valence-corrected chi connectivity index (χ1v) is 16.2. The summed E-state index contributed by atoms with van der Waals surface area (Å²) in [4.78, 5) is 4.44. The topological polar surface area (TPSA) is 104 Å². The average Bonchev–Trinajstić information content (AvgIpc) is 3.86. The number of halogens is 2. The van der Waals surface area contributed by atoms with Gasteiger partial charge in [-0.3, -0.25) is 4.98 Å². The first kappa shape index (κ1) is 29.3. The molecule has 0 aliphatic heterocycles. The van der Waals surface area contributed by atoms with Crippen LogP contribution in [-0.2, 0) is 33.4 Å². The van der Waals surface area contributed by atoms with Crippen molar-refractivity contribution in [2.24, 2.45) is 5.14 Å². The van der Waals surface area contributed by atoms with Gasteiger partial charge in [-0.25, -0.2) is 13.6 Å². The first-order chi connectivity index (χ1) is 19.2. The lowest BCUT2D eigenvalue weighted by Crippen LogP contribution is -2.27. The Morgan fingerprint density at radius 1 is 1.00 bits per heavy atom. The van der Waals surface area contributed by atoms with Crippen molar-refractivity contribution < 1.29 is 17.9 Å². The molecule has 214 valence electrons. The molecular formula is C30H35Cl2N3O4S. The molecule has 1 aromatic heterocycles. The number of nitrogens with one attached hydrogen (secondary N) is 1. The van der Waals surface area contributed by atoms with Crippen LogP contribution in [0.5, 0.6) is 5.75 Å². The number of pyridine rings is 1. The van der Waals surface area contributed by atoms with Crippen molar-refractivity contribution in [2.45, 2.75) is 63.3 Å². The molecule has 0 saturated heterocycles. The van der Waals surface area contributed by atoms with Gasteiger partial charge in [-0.2, -0.15) is 0 Å². The van der Waals surface area contributed by atoms with Crippen LogP contribution < -0.4 is 15.2 Å². The molecular weight excluding hydrogens is 569 g/mol. The molecule has 3 N–H and O–H groups in total. The van der Waals surface area contributed by atoms with Crippen LogP contribution in [0.1, 0.15) is 55.2 Å². The highest BCUT2D eigenvalue weighted by atomic mass is 35.5. The molecule has 7 nitrogen and oxygen atoms in total. The van der Waals surface area contributed by atoms with E-state index in [0.29, 0.717) is 35.8 Å². The minimum atomic E-state index is -3.43. The Morgan fingerprint density at radius 3 is 2.50 bits per heavy atom. The fraction of sp³-hybridized carbons (Fsp3) is 0.433. The molecule has 0 amide bonds. The van der Waals surface area contributed by atoms with Crippen molar-refractivity contribution in [3.63, 3.8) is 0 Å². The summed E-state index contributed by atoms with van der Waals surface area (Å²) in [5.74, 6) is 0.835. The number of hydrogen-bond donors (Lipinski definition) is 2. The number of para-hydroxylation sites is 1. The number of sulfonamides is 1. The highest BCUT2D eigenvalue weighted by Crippen LogP contribution is 2.53. The molecule has 10 heteroatoms.